The highest BCUT2D eigenvalue weighted by molar-refractivity contribution is 6.35. The molecule has 0 saturated carbocycles. The van der Waals surface area contributed by atoms with Gasteiger partial charge in [0.15, 0.2) is 5.78 Å². The molecule has 1 aromatic rings. The predicted molar refractivity (Wildman–Crippen MR) is 99.1 cm³/mol. The van der Waals surface area contributed by atoms with Crippen molar-refractivity contribution in [2.45, 2.75) is 13.8 Å². The number of hydrogen-bond donors (Lipinski definition) is 1. The Bertz CT molecular complexity index is 863. The number of carbonyl (C=O) groups excluding carboxylic acids is 1. The Hall–Kier alpha value is -3.01. The van der Waals surface area contributed by atoms with Gasteiger partial charge in [-0.1, -0.05) is 54.1 Å². The summed E-state index contributed by atoms with van der Waals surface area (Å²) in [5.74, 6) is 0.430. The van der Waals surface area contributed by atoms with E-state index in [-0.39, 0.29) is 5.78 Å². The normalized spacial score (nSPS) is 25.1. The van der Waals surface area contributed by atoms with Gasteiger partial charge < -0.3 is 5.32 Å². The fourth-order valence-electron chi connectivity index (χ4n) is 2.59. The monoisotopic (exact) mass is 317 g/mol. The molecule has 0 bridgehead atoms. The SMILES string of the molecule is CNC1=N/C2=C(\c3ccc(C)cc3)C(=O)/C=C/C=C\C=C(/C)C2=N1. The molecule has 3 rings (SSSR count). The number of guanidine groups is 1. The van der Waals surface area contributed by atoms with E-state index in [9.17, 15) is 4.79 Å². The van der Waals surface area contributed by atoms with Crippen molar-refractivity contribution in [1.82, 2.24) is 5.32 Å². The van der Waals surface area contributed by atoms with Gasteiger partial charge in [-0.2, -0.15) is 0 Å². The highest BCUT2D eigenvalue weighted by Gasteiger charge is 2.25. The van der Waals surface area contributed by atoms with Crippen molar-refractivity contribution in [3.63, 3.8) is 0 Å². The Kier molecular flexibility index (Phi) is 4.38. The number of ketones is 1. The second-order valence-electron chi connectivity index (χ2n) is 5.69. The minimum absolute atomic E-state index is 0.0815. The summed E-state index contributed by atoms with van der Waals surface area (Å²) in [7, 11) is 1.77. The molecular formula is C20H19N3O. The average molecular weight is 317 g/mol. The van der Waals surface area contributed by atoms with E-state index in [1.165, 1.54) is 0 Å². The summed E-state index contributed by atoms with van der Waals surface area (Å²) in [5, 5.41) is 2.96. The molecule has 0 amide bonds. The molecule has 4 nitrogen and oxygen atoms in total. The maximum absolute atomic E-state index is 12.8. The fourth-order valence-corrected chi connectivity index (χ4v) is 2.59. The highest BCUT2D eigenvalue weighted by Crippen LogP contribution is 2.28. The van der Waals surface area contributed by atoms with E-state index in [1.807, 2.05) is 56.3 Å². The molecule has 0 saturated heterocycles. The second kappa shape index (κ2) is 6.62. The van der Waals surface area contributed by atoms with Crippen molar-refractivity contribution >= 4 is 23.0 Å². The molecule has 1 heterocycles. The molecule has 2 aliphatic rings. The fraction of sp³-hybridized carbons (Fsp3) is 0.150. The van der Waals surface area contributed by atoms with Gasteiger partial charge in [0, 0.05) is 7.05 Å². The van der Waals surface area contributed by atoms with Crippen LogP contribution in [0.5, 0.6) is 0 Å². The molecule has 0 spiro atoms. The molecular weight excluding hydrogens is 298 g/mol. The molecule has 1 aliphatic heterocycles. The third kappa shape index (κ3) is 3.04. The van der Waals surface area contributed by atoms with E-state index in [4.69, 9.17) is 0 Å². The topological polar surface area (TPSA) is 53.8 Å². The quantitative estimate of drug-likeness (QED) is 0.863. The van der Waals surface area contributed by atoms with Crippen LogP contribution in [0.15, 0.2) is 75.9 Å². The van der Waals surface area contributed by atoms with Crippen LogP contribution in [0, 0.1) is 6.92 Å². The Morgan fingerprint density at radius 3 is 2.42 bits per heavy atom. The average Bonchev–Trinajstić information content (AvgIpc) is 3.00. The van der Waals surface area contributed by atoms with Crippen LogP contribution in [0.3, 0.4) is 0 Å². The number of fused-ring (bicyclic) bond motifs is 1. The van der Waals surface area contributed by atoms with Crippen LogP contribution in [0.2, 0.25) is 0 Å². The zero-order chi connectivity index (χ0) is 17.1. The number of rotatable bonds is 1. The number of allylic oxidation sites excluding steroid dienone is 7. The third-order valence-corrected chi connectivity index (χ3v) is 3.90. The van der Waals surface area contributed by atoms with Crippen molar-refractivity contribution in [3.8, 4) is 0 Å². The van der Waals surface area contributed by atoms with Crippen LogP contribution in [-0.4, -0.2) is 24.5 Å². The Morgan fingerprint density at radius 1 is 0.958 bits per heavy atom. The second-order valence-corrected chi connectivity index (χ2v) is 5.69. The molecule has 24 heavy (non-hydrogen) atoms. The minimum atomic E-state index is -0.0815. The summed E-state index contributed by atoms with van der Waals surface area (Å²) in [6, 6.07) is 7.90. The zero-order valence-electron chi connectivity index (χ0n) is 14.0. The van der Waals surface area contributed by atoms with E-state index in [0.717, 1.165) is 22.4 Å². The summed E-state index contributed by atoms with van der Waals surface area (Å²) >= 11 is 0. The van der Waals surface area contributed by atoms with Gasteiger partial charge in [0.25, 0.3) is 0 Å². The lowest BCUT2D eigenvalue weighted by Gasteiger charge is -2.10. The van der Waals surface area contributed by atoms with Gasteiger partial charge in [-0.15, -0.1) is 0 Å². The largest absolute Gasteiger partial charge is 0.357 e. The van der Waals surface area contributed by atoms with Gasteiger partial charge in [-0.3, -0.25) is 4.79 Å². The lowest BCUT2D eigenvalue weighted by Crippen LogP contribution is -2.13. The van der Waals surface area contributed by atoms with E-state index < -0.39 is 0 Å². The number of hydrogen-bond acceptors (Lipinski definition) is 4. The van der Waals surface area contributed by atoms with Gasteiger partial charge in [0.1, 0.15) is 5.70 Å². The number of nitrogens with one attached hydrogen (secondary N) is 1. The number of aliphatic imine (C=N–C) groups is 2. The molecule has 0 aromatic heterocycles. The smallest absolute Gasteiger partial charge is 0.223 e. The molecule has 0 unspecified atom stereocenters. The summed E-state index contributed by atoms with van der Waals surface area (Å²) in [5.41, 5.74) is 4.86. The lowest BCUT2D eigenvalue weighted by atomic mass is 9.94. The number of carbonyl (C=O) groups is 1. The van der Waals surface area contributed by atoms with E-state index in [1.54, 1.807) is 19.2 Å². The molecule has 0 atom stereocenters. The Balaban J connectivity index is 2.28. The predicted octanol–water partition coefficient (Wildman–Crippen LogP) is 3.38. The summed E-state index contributed by atoms with van der Waals surface area (Å²) in [4.78, 5) is 21.9. The molecule has 1 N–H and O–H groups in total. The Labute approximate surface area is 141 Å². The van der Waals surface area contributed by atoms with Gasteiger partial charge in [0.05, 0.1) is 11.3 Å². The first-order valence-corrected chi connectivity index (χ1v) is 7.83. The first-order chi connectivity index (χ1) is 11.6. The zero-order valence-corrected chi connectivity index (χ0v) is 14.0. The summed E-state index contributed by atoms with van der Waals surface area (Å²) in [6.45, 7) is 3.99. The van der Waals surface area contributed by atoms with Crippen LogP contribution >= 0.6 is 0 Å². The van der Waals surface area contributed by atoms with Crippen molar-refractivity contribution in [2.24, 2.45) is 9.98 Å². The van der Waals surface area contributed by atoms with Crippen LogP contribution in [0.1, 0.15) is 18.1 Å². The van der Waals surface area contributed by atoms with Crippen LogP contribution in [-0.2, 0) is 4.79 Å². The minimum Gasteiger partial charge on any atom is -0.357 e. The van der Waals surface area contributed by atoms with Gasteiger partial charge in [-0.25, -0.2) is 9.98 Å². The van der Waals surface area contributed by atoms with Gasteiger partial charge >= 0.3 is 0 Å². The first kappa shape index (κ1) is 15.9. The highest BCUT2D eigenvalue weighted by atomic mass is 16.1. The maximum atomic E-state index is 12.8. The number of nitrogens with zero attached hydrogens (tertiary/aromatic N) is 2. The Morgan fingerprint density at radius 2 is 1.71 bits per heavy atom. The van der Waals surface area contributed by atoms with Gasteiger partial charge in [-0.05, 0) is 31.1 Å². The molecule has 1 aliphatic carbocycles. The maximum Gasteiger partial charge on any atom is 0.223 e. The molecule has 4 heteroatoms. The third-order valence-electron chi connectivity index (χ3n) is 3.90. The van der Waals surface area contributed by atoms with E-state index >= 15 is 0 Å². The number of aryl methyl sites for hydroxylation is 1. The van der Waals surface area contributed by atoms with Crippen LogP contribution < -0.4 is 5.32 Å². The summed E-state index contributed by atoms with van der Waals surface area (Å²) in [6.07, 6.45) is 9.03. The summed E-state index contributed by atoms with van der Waals surface area (Å²) < 4.78 is 0. The number of benzene rings is 1. The first-order valence-electron chi connectivity index (χ1n) is 7.83. The molecule has 0 fully saturated rings. The standard InChI is InChI=1S/C20H19N3O/c1-13-9-11-15(12-10-13)17-16(24)8-6-4-5-7-14(2)18-19(17)23-20(21-3)22-18/h4-12H,1-3H3,(H,21,23)/b5-4-,8-6+,14-7+,19-17+. The van der Waals surface area contributed by atoms with Crippen LogP contribution in [0.25, 0.3) is 5.57 Å². The van der Waals surface area contributed by atoms with Crippen molar-refractivity contribution in [1.29, 1.82) is 0 Å². The van der Waals surface area contributed by atoms with Crippen molar-refractivity contribution in [2.75, 3.05) is 7.05 Å². The van der Waals surface area contributed by atoms with Gasteiger partial charge in [0.2, 0.25) is 5.96 Å². The van der Waals surface area contributed by atoms with E-state index in [0.29, 0.717) is 17.2 Å². The van der Waals surface area contributed by atoms with Crippen LogP contribution in [0.4, 0.5) is 0 Å². The van der Waals surface area contributed by atoms with Crippen molar-refractivity contribution < 1.29 is 4.79 Å². The molecule has 120 valence electrons. The molecule has 0 radical (unpaired) electrons. The van der Waals surface area contributed by atoms with Crippen molar-refractivity contribution in [3.05, 3.63) is 77.0 Å². The van der Waals surface area contributed by atoms with E-state index in [2.05, 4.69) is 15.3 Å². The molecule has 1 aromatic carbocycles. The lowest BCUT2D eigenvalue weighted by molar-refractivity contribution is -0.109.